The Labute approximate surface area is 194 Å². The Morgan fingerprint density at radius 1 is 0.879 bits per heavy atom. The standard InChI is InChI=1S/C28H29FO4/c1-4-27(28(30)31-5-2)33-26-16-14-25(15-17-26)32-19-18-20(3)21-6-8-22(9-7-21)23-10-12-24(29)13-11-23/h6-18,27H,4-5,19H2,1-3H3/b20-18+. The number of carbonyl (C=O) groups is 1. The van der Waals surface area contributed by atoms with Crippen LogP contribution in [0.4, 0.5) is 4.39 Å². The second-order valence-corrected chi connectivity index (χ2v) is 7.52. The SMILES string of the molecule is CCOC(=O)C(CC)Oc1ccc(OC/C=C(\C)c2ccc(-c3ccc(F)cc3)cc2)cc1. The second-order valence-electron chi connectivity index (χ2n) is 7.52. The number of ether oxygens (including phenoxy) is 3. The van der Waals surface area contributed by atoms with Crippen LogP contribution in [-0.2, 0) is 9.53 Å². The van der Waals surface area contributed by atoms with Crippen molar-refractivity contribution < 1.29 is 23.4 Å². The number of carbonyl (C=O) groups excluding carboxylic acids is 1. The van der Waals surface area contributed by atoms with Crippen LogP contribution in [0.2, 0.25) is 0 Å². The van der Waals surface area contributed by atoms with E-state index in [2.05, 4.69) is 0 Å². The van der Waals surface area contributed by atoms with Crippen LogP contribution in [0, 0.1) is 5.82 Å². The third-order valence-electron chi connectivity index (χ3n) is 5.18. The average molecular weight is 449 g/mol. The van der Waals surface area contributed by atoms with E-state index in [4.69, 9.17) is 14.2 Å². The first-order valence-corrected chi connectivity index (χ1v) is 11.1. The van der Waals surface area contributed by atoms with Crippen LogP contribution < -0.4 is 9.47 Å². The van der Waals surface area contributed by atoms with Gasteiger partial charge in [0.05, 0.1) is 6.61 Å². The molecule has 0 amide bonds. The van der Waals surface area contributed by atoms with Gasteiger partial charge in [0, 0.05) is 0 Å². The van der Waals surface area contributed by atoms with Crippen molar-refractivity contribution in [2.45, 2.75) is 33.3 Å². The molecule has 0 aliphatic heterocycles. The molecule has 0 bridgehead atoms. The lowest BCUT2D eigenvalue weighted by atomic mass is 10.0. The third-order valence-corrected chi connectivity index (χ3v) is 5.18. The van der Waals surface area contributed by atoms with Gasteiger partial charge in [0.2, 0.25) is 0 Å². The number of esters is 1. The van der Waals surface area contributed by atoms with E-state index in [1.54, 1.807) is 31.2 Å². The number of hydrogen-bond acceptors (Lipinski definition) is 4. The molecule has 0 saturated carbocycles. The molecule has 4 nitrogen and oxygen atoms in total. The lowest BCUT2D eigenvalue weighted by molar-refractivity contribution is -0.151. The van der Waals surface area contributed by atoms with E-state index in [0.29, 0.717) is 31.1 Å². The van der Waals surface area contributed by atoms with E-state index in [0.717, 1.165) is 22.3 Å². The van der Waals surface area contributed by atoms with Crippen molar-refractivity contribution in [3.05, 3.63) is 90.3 Å². The van der Waals surface area contributed by atoms with Gasteiger partial charge in [0.15, 0.2) is 6.10 Å². The largest absolute Gasteiger partial charge is 0.490 e. The molecule has 0 aromatic heterocycles. The highest BCUT2D eigenvalue weighted by atomic mass is 19.1. The Kier molecular flexibility index (Phi) is 8.64. The zero-order valence-electron chi connectivity index (χ0n) is 19.2. The van der Waals surface area contributed by atoms with Crippen molar-refractivity contribution >= 4 is 11.5 Å². The summed E-state index contributed by atoms with van der Waals surface area (Å²) in [6.07, 6.45) is 1.94. The maximum Gasteiger partial charge on any atom is 0.347 e. The molecule has 3 aromatic rings. The van der Waals surface area contributed by atoms with Crippen molar-refractivity contribution in [1.29, 1.82) is 0 Å². The van der Waals surface area contributed by atoms with E-state index >= 15 is 0 Å². The van der Waals surface area contributed by atoms with Crippen LogP contribution in [-0.4, -0.2) is 25.3 Å². The first-order valence-electron chi connectivity index (χ1n) is 11.1. The summed E-state index contributed by atoms with van der Waals surface area (Å²) < 4.78 is 29.7. The summed E-state index contributed by atoms with van der Waals surface area (Å²) in [4.78, 5) is 11.9. The fourth-order valence-corrected chi connectivity index (χ4v) is 3.26. The van der Waals surface area contributed by atoms with Gasteiger partial charge in [-0.1, -0.05) is 43.3 Å². The van der Waals surface area contributed by atoms with Crippen molar-refractivity contribution in [3.8, 4) is 22.6 Å². The average Bonchev–Trinajstić information content (AvgIpc) is 2.84. The highest BCUT2D eigenvalue weighted by molar-refractivity contribution is 5.75. The van der Waals surface area contributed by atoms with E-state index in [9.17, 15) is 9.18 Å². The second kappa shape index (κ2) is 11.9. The molecule has 0 heterocycles. The van der Waals surface area contributed by atoms with Gasteiger partial charge in [0.1, 0.15) is 23.9 Å². The fraction of sp³-hybridized carbons (Fsp3) is 0.250. The lowest BCUT2D eigenvalue weighted by Gasteiger charge is -2.16. The van der Waals surface area contributed by atoms with Gasteiger partial charge in [-0.2, -0.15) is 0 Å². The molecule has 0 aliphatic carbocycles. The van der Waals surface area contributed by atoms with Gasteiger partial charge in [-0.25, -0.2) is 9.18 Å². The molecular formula is C28H29FO4. The summed E-state index contributed by atoms with van der Waals surface area (Å²) >= 11 is 0. The van der Waals surface area contributed by atoms with Gasteiger partial charge in [-0.15, -0.1) is 0 Å². The molecule has 0 saturated heterocycles. The minimum absolute atomic E-state index is 0.238. The van der Waals surface area contributed by atoms with Crippen LogP contribution in [0.25, 0.3) is 16.7 Å². The number of hydrogen-bond donors (Lipinski definition) is 0. The summed E-state index contributed by atoms with van der Waals surface area (Å²) in [5.74, 6) is 0.710. The van der Waals surface area contributed by atoms with Gasteiger partial charge in [0.25, 0.3) is 0 Å². The van der Waals surface area contributed by atoms with Crippen LogP contribution in [0.15, 0.2) is 78.9 Å². The zero-order valence-corrected chi connectivity index (χ0v) is 19.2. The molecule has 0 fully saturated rings. The molecule has 5 heteroatoms. The Morgan fingerprint density at radius 3 is 2.03 bits per heavy atom. The highest BCUT2D eigenvalue weighted by Crippen LogP contribution is 2.23. The summed E-state index contributed by atoms with van der Waals surface area (Å²) in [7, 11) is 0. The van der Waals surface area contributed by atoms with Gasteiger partial charge in [-0.05, 0) is 85.0 Å². The van der Waals surface area contributed by atoms with E-state index in [-0.39, 0.29) is 11.8 Å². The number of rotatable bonds is 10. The number of halogens is 1. The van der Waals surface area contributed by atoms with Gasteiger partial charge >= 0.3 is 5.97 Å². The Hall–Kier alpha value is -3.60. The molecule has 172 valence electrons. The van der Waals surface area contributed by atoms with E-state index < -0.39 is 6.10 Å². The first-order chi connectivity index (χ1) is 16.0. The predicted octanol–water partition coefficient (Wildman–Crippen LogP) is 6.70. The minimum atomic E-state index is -0.614. The highest BCUT2D eigenvalue weighted by Gasteiger charge is 2.19. The molecule has 3 aromatic carbocycles. The van der Waals surface area contributed by atoms with Crippen molar-refractivity contribution in [2.75, 3.05) is 13.2 Å². The topological polar surface area (TPSA) is 44.8 Å². The van der Waals surface area contributed by atoms with Crippen molar-refractivity contribution in [2.24, 2.45) is 0 Å². The summed E-state index contributed by atoms with van der Waals surface area (Å²) in [6.45, 7) is 6.44. The maximum atomic E-state index is 13.1. The van der Waals surface area contributed by atoms with Crippen LogP contribution in [0.3, 0.4) is 0 Å². The van der Waals surface area contributed by atoms with Crippen LogP contribution in [0.1, 0.15) is 32.8 Å². The lowest BCUT2D eigenvalue weighted by Crippen LogP contribution is -2.28. The quantitative estimate of drug-likeness (QED) is 0.324. The maximum absolute atomic E-state index is 13.1. The Balaban J connectivity index is 1.54. The Bertz CT molecular complexity index is 1050. The molecule has 0 spiro atoms. The number of benzene rings is 3. The summed E-state index contributed by atoms with van der Waals surface area (Å²) in [5, 5.41) is 0. The molecule has 0 N–H and O–H groups in total. The fourth-order valence-electron chi connectivity index (χ4n) is 3.26. The van der Waals surface area contributed by atoms with Crippen molar-refractivity contribution in [3.63, 3.8) is 0 Å². The normalized spacial score (nSPS) is 12.2. The number of allylic oxidation sites excluding steroid dienone is 1. The predicted molar refractivity (Wildman–Crippen MR) is 129 cm³/mol. The van der Waals surface area contributed by atoms with Gasteiger partial charge in [-0.3, -0.25) is 0 Å². The third kappa shape index (κ3) is 6.94. The van der Waals surface area contributed by atoms with E-state index in [1.807, 2.05) is 56.3 Å². The van der Waals surface area contributed by atoms with Crippen LogP contribution >= 0.6 is 0 Å². The minimum Gasteiger partial charge on any atom is -0.490 e. The van der Waals surface area contributed by atoms with Crippen LogP contribution in [0.5, 0.6) is 11.5 Å². The van der Waals surface area contributed by atoms with E-state index in [1.165, 1.54) is 12.1 Å². The zero-order chi connectivity index (χ0) is 23.6. The smallest absolute Gasteiger partial charge is 0.347 e. The molecule has 33 heavy (non-hydrogen) atoms. The molecule has 1 atom stereocenters. The molecule has 0 aliphatic rings. The first kappa shape index (κ1) is 24.1. The monoisotopic (exact) mass is 448 g/mol. The molecular weight excluding hydrogens is 419 g/mol. The molecule has 1 unspecified atom stereocenters. The molecule has 3 rings (SSSR count). The van der Waals surface area contributed by atoms with Crippen molar-refractivity contribution in [1.82, 2.24) is 0 Å². The Morgan fingerprint density at radius 2 is 1.45 bits per heavy atom. The summed E-state index contributed by atoms with van der Waals surface area (Å²) in [5.41, 5.74) is 4.21. The van der Waals surface area contributed by atoms with Gasteiger partial charge < -0.3 is 14.2 Å². The summed E-state index contributed by atoms with van der Waals surface area (Å²) in [6, 6.07) is 21.8. The molecule has 0 radical (unpaired) electrons.